The van der Waals surface area contributed by atoms with Crippen LogP contribution in [0, 0.1) is 0 Å². The van der Waals surface area contributed by atoms with E-state index in [0.717, 1.165) is 30.4 Å². The normalized spacial score (nSPS) is 19.9. The molecule has 1 aliphatic carbocycles. The highest BCUT2D eigenvalue weighted by Gasteiger charge is 2.12. The Morgan fingerprint density at radius 1 is 1.00 bits per heavy atom. The van der Waals surface area contributed by atoms with Gasteiger partial charge in [-0.2, -0.15) is 0 Å². The Morgan fingerprint density at radius 2 is 1.71 bits per heavy atom. The molecule has 0 radical (unpaired) electrons. The van der Waals surface area contributed by atoms with Gasteiger partial charge in [0.15, 0.2) is 5.78 Å². The van der Waals surface area contributed by atoms with Crippen molar-refractivity contribution in [3.05, 3.63) is 46.5 Å². The van der Waals surface area contributed by atoms with E-state index in [2.05, 4.69) is 6.08 Å². The van der Waals surface area contributed by atoms with Gasteiger partial charge < -0.3 is 0 Å². The summed E-state index contributed by atoms with van der Waals surface area (Å²) in [5.74, 6) is 0.170. The first-order valence-corrected chi connectivity index (χ1v) is 6.64. The number of Topliss-reactive ketones (excluding diaryl/α,β-unsaturated/α-hetero) is 1. The molecule has 0 N–H and O–H groups in total. The highest BCUT2D eigenvalue weighted by molar-refractivity contribution is 6.30. The summed E-state index contributed by atoms with van der Waals surface area (Å²) in [4.78, 5) is 12.3. The average Bonchev–Trinajstić information content (AvgIpc) is 2.29. The fourth-order valence-electron chi connectivity index (χ4n) is 2.18. The van der Waals surface area contributed by atoms with Gasteiger partial charge in [-0.25, -0.2) is 0 Å². The fraction of sp³-hybridized carbons (Fsp3) is 0.400. The Labute approximate surface area is 107 Å². The maximum absolute atomic E-state index is 12.3. The Kier molecular flexibility index (Phi) is 4.38. The van der Waals surface area contributed by atoms with Crippen LogP contribution in [0.4, 0.5) is 0 Å². The van der Waals surface area contributed by atoms with Crippen LogP contribution in [0.15, 0.2) is 35.9 Å². The van der Waals surface area contributed by atoms with E-state index >= 15 is 0 Å². The summed E-state index contributed by atoms with van der Waals surface area (Å²) < 4.78 is 0. The molecule has 1 aromatic carbocycles. The molecule has 0 aliphatic heterocycles. The second kappa shape index (κ2) is 6.02. The fourth-order valence-corrected chi connectivity index (χ4v) is 2.31. The maximum atomic E-state index is 12.3. The minimum atomic E-state index is 0.170. The van der Waals surface area contributed by atoms with E-state index in [-0.39, 0.29) is 5.78 Å². The van der Waals surface area contributed by atoms with Crippen LogP contribution in [0.2, 0.25) is 5.02 Å². The van der Waals surface area contributed by atoms with Crippen molar-refractivity contribution in [2.24, 2.45) is 0 Å². The van der Waals surface area contributed by atoms with E-state index in [1.54, 1.807) is 12.1 Å². The standard InChI is InChI=1S/C15H17ClO/c16-14-10-8-13(9-11-14)15(17)12-6-4-2-1-3-5-7-12/h6,8-11H,1-5,7H2/b12-6+. The third-order valence-corrected chi connectivity index (χ3v) is 3.44. The summed E-state index contributed by atoms with van der Waals surface area (Å²) in [5, 5.41) is 0.674. The first-order valence-electron chi connectivity index (χ1n) is 6.26. The van der Waals surface area contributed by atoms with Crippen LogP contribution >= 0.6 is 11.6 Å². The summed E-state index contributed by atoms with van der Waals surface area (Å²) in [6.07, 6.45) is 8.94. The number of hydrogen-bond donors (Lipinski definition) is 0. The van der Waals surface area contributed by atoms with Crippen molar-refractivity contribution in [1.29, 1.82) is 0 Å². The largest absolute Gasteiger partial charge is 0.289 e. The van der Waals surface area contributed by atoms with Crippen LogP contribution in [-0.4, -0.2) is 5.78 Å². The Balaban J connectivity index is 2.15. The van der Waals surface area contributed by atoms with Gasteiger partial charge in [0, 0.05) is 10.6 Å². The smallest absolute Gasteiger partial charge is 0.188 e. The zero-order valence-corrected chi connectivity index (χ0v) is 10.7. The van der Waals surface area contributed by atoms with Crippen LogP contribution < -0.4 is 0 Å². The van der Waals surface area contributed by atoms with Gasteiger partial charge >= 0.3 is 0 Å². The molecule has 0 unspecified atom stereocenters. The summed E-state index contributed by atoms with van der Waals surface area (Å²) in [7, 11) is 0. The molecule has 1 aliphatic rings. The lowest BCUT2D eigenvalue weighted by molar-refractivity contribution is 0.102. The molecule has 0 atom stereocenters. The minimum Gasteiger partial charge on any atom is -0.289 e. The zero-order valence-electron chi connectivity index (χ0n) is 9.92. The SMILES string of the molecule is O=C(/C1=C/CCCCCC1)c1ccc(Cl)cc1. The molecule has 0 amide bonds. The predicted octanol–water partition coefficient (Wildman–Crippen LogP) is 4.80. The minimum absolute atomic E-state index is 0.170. The average molecular weight is 249 g/mol. The van der Waals surface area contributed by atoms with Crippen molar-refractivity contribution in [1.82, 2.24) is 0 Å². The number of benzene rings is 1. The third kappa shape index (κ3) is 3.44. The Morgan fingerprint density at radius 3 is 2.47 bits per heavy atom. The molecule has 0 bridgehead atoms. The van der Waals surface area contributed by atoms with E-state index in [9.17, 15) is 4.79 Å². The van der Waals surface area contributed by atoms with E-state index in [1.165, 1.54) is 19.3 Å². The molecular weight excluding hydrogens is 232 g/mol. The number of carbonyl (C=O) groups excluding carboxylic acids is 1. The first kappa shape index (κ1) is 12.4. The maximum Gasteiger partial charge on any atom is 0.188 e. The van der Waals surface area contributed by atoms with Gasteiger partial charge in [-0.05, 0) is 55.5 Å². The van der Waals surface area contributed by atoms with Crippen molar-refractivity contribution in [3.8, 4) is 0 Å². The second-order valence-electron chi connectivity index (χ2n) is 4.52. The van der Waals surface area contributed by atoms with E-state index in [4.69, 9.17) is 11.6 Å². The van der Waals surface area contributed by atoms with Crippen LogP contribution in [0.3, 0.4) is 0 Å². The van der Waals surface area contributed by atoms with Gasteiger partial charge in [0.05, 0.1) is 0 Å². The van der Waals surface area contributed by atoms with Crippen LogP contribution in [-0.2, 0) is 0 Å². The molecule has 2 heteroatoms. The van der Waals surface area contributed by atoms with Crippen molar-refractivity contribution < 1.29 is 4.79 Å². The van der Waals surface area contributed by atoms with Gasteiger partial charge in [-0.15, -0.1) is 0 Å². The van der Waals surface area contributed by atoms with Crippen molar-refractivity contribution in [2.75, 3.05) is 0 Å². The lowest BCUT2D eigenvalue weighted by atomic mass is 9.94. The molecular formula is C15H17ClO. The number of halogens is 1. The molecule has 1 nitrogen and oxygen atoms in total. The summed E-state index contributed by atoms with van der Waals surface area (Å²) in [6.45, 7) is 0. The third-order valence-electron chi connectivity index (χ3n) is 3.19. The van der Waals surface area contributed by atoms with Crippen molar-refractivity contribution in [3.63, 3.8) is 0 Å². The van der Waals surface area contributed by atoms with Crippen molar-refractivity contribution in [2.45, 2.75) is 38.5 Å². The molecule has 1 aromatic rings. The summed E-state index contributed by atoms with van der Waals surface area (Å²) >= 11 is 5.82. The first-order chi connectivity index (χ1) is 8.27. The molecule has 0 spiro atoms. The highest BCUT2D eigenvalue weighted by atomic mass is 35.5. The predicted molar refractivity (Wildman–Crippen MR) is 71.6 cm³/mol. The Hall–Kier alpha value is -1.08. The van der Waals surface area contributed by atoms with Crippen LogP contribution in [0.1, 0.15) is 48.9 Å². The lowest BCUT2D eigenvalue weighted by Crippen LogP contribution is -2.05. The van der Waals surface area contributed by atoms with Gasteiger partial charge in [0.2, 0.25) is 0 Å². The topological polar surface area (TPSA) is 17.1 Å². The quantitative estimate of drug-likeness (QED) is 0.687. The second-order valence-corrected chi connectivity index (χ2v) is 4.95. The van der Waals surface area contributed by atoms with E-state index in [1.807, 2.05) is 12.1 Å². The van der Waals surface area contributed by atoms with Crippen LogP contribution in [0.5, 0.6) is 0 Å². The van der Waals surface area contributed by atoms with E-state index < -0.39 is 0 Å². The number of carbonyl (C=O) groups is 1. The highest BCUT2D eigenvalue weighted by Crippen LogP contribution is 2.21. The van der Waals surface area contributed by atoms with Crippen molar-refractivity contribution >= 4 is 17.4 Å². The van der Waals surface area contributed by atoms with Gasteiger partial charge in [-0.3, -0.25) is 4.79 Å². The molecule has 0 saturated heterocycles. The number of allylic oxidation sites excluding steroid dienone is 2. The number of ketones is 1. The van der Waals surface area contributed by atoms with Gasteiger partial charge in [0.1, 0.15) is 0 Å². The lowest BCUT2D eigenvalue weighted by Gasteiger charge is -2.10. The number of rotatable bonds is 2. The molecule has 0 saturated carbocycles. The molecule has 0 fully saturated rings. The Bertz CT molecular complexity index is 417. The van der Waals surface area contributed by atoms with Crippen LogP contribution in [0.25, 0.3) is 0 Å². The van der Waals surface area contributed by atoms with E-state index in [0.29, 0.717) is 5.02 Å². The molecule has 0 heterocycles. The monoisotopic (exact) mass is 248 g/mol. The van der Waals surface area contributed by atoms with Gasteiger partial charge in [-0.1, -0.05) is 30.5 Å². The molecule has 90 valence electrons. The zero-order chi connectivity index (χ0) is 12.1. The molecule has 17 heavy (non-hydrogen) atoms. The molecule has 2 rings (SSSR count). The number of hydrogen-bond acceptors (Lipinski definition) is 1. The van der Waals surface area contributed by atoms with Gasteiger partial charge in [0.25, 0.3) is 0 Å². The molecule has 0 aromatic heterocycles. The summed E-state index contributed by atoms with van der Waals surface area (Å²) in [6, 6.07) is 7.17. The summed E-state index contributed by atoms with van der Waals surface area (Å²) in [5.41, 5.74) is 1.73.